The molecule has 22 heavy (non-hydrogen) atoms. The highest BCUT2D eigenvalue weighted by Gasteiger charge is 2.27. The van der Waals surface area contributed by atoms with Crippen LogP contribution in [0.2, 0.25) is 0 Å². The predicted octanol–water partition coefficient (Wildman–Crippen LogP) is 2.05. The molecule has 1 N–H and O–H groups in total. The van der Waals surface area contributed by atoms with Crippen LogP contribution in [-0.4, -0.2) is 41.9 Å². The van der Waals surface area contributed by atoms with Gasteiger partial charge in [-0.1, -0.05) is 6.07 Å². The van der Waals surface area contributed by atoms with Crippen LogP contribution in [0.5, 0.6) is 11.5 Å². The van der Waals surface area contributed by atoms with E-state index in [1.807, 2.05) is 23.1 Å². The molecule has 1 amide bonds. The Balaban J connectivity index is 1.67. The number of aliphatic hydroxyl groups excluding tert-OH is 1. The summed E-state index contributed by atoms with van der Waals surface area (Å²) >= 11 is 0. The molecule has 2 aliphatic heterocycles. The Labute approximate surface area is 130 Å². The predicted molar refractivity (Wildman–Crippen MR) is 82.6 cm³/mol. The van der Waals surface area contributed by atoms with E-state index in [1.54, 1.807) is 12.2 Å². The Hall–Kier alpha value is -2.01. The van der Waals surface area contributed by atoms with Gasteiger partial charge in [0, 0.05) is 25.3 Å². The van der Waals surface area contributed by atoms with Gasteiger partial charge in [0.1, 0.15) is 0 Å². The van der Waals surface area contributed by atoms with Gasteiger partial charge in [-0.2, -0.15) is 0 Å². The highest BCUT2D eigenvalue weighted by atomic mass is 16.7. The van der Waals surface area contributed by atoms with E-state index in [0.29, 0.717) is 12.3 Å². The molecule has 0 radical (unpaired) electrons. The van der Waals surface area contributed by atoms with Crippen LogP contribution >= 0.6 is 0 Å². The van der Waals surface area contributed by atoms with Crippen molar-refractivity contribution >= 4 is 12.0 Å². The van der Waals surface area contributed by atoms with Crippen LogP contribution in [0, 0.1) is 5.92 Å². The molecule has 0 spiro atoms. The summed E-state index contributed by atoms with van der Waals surface area (Å²) < 4.78 is 10.6. The molecule has 1 aromatic rings. The number of benzene rings is 1. The van der Waals surface area contributed by atoms with E-state index < -0.39 is 0 Å². The van der Waals surface area contributed by atoms with E-state index in [-0.39, 0.29) is 31.3 Å². The number of carbonyl (C=O) groups is 1. The zero-order chi connectivity index (χ0) is 15.5. The summed E-state index contributed by atoms with van der Waals surface area (Å²) in [5, 5.41) is 9.29. The van der Waals surface area contributed by atoms with Gasteiger partial charge in [0.2, 0.25) is 12.7 Å². The number of piperidine rings is 1. The van der Waals surface area contributed by atoms with Gasteiger partial charge in [-0.25, -0.2) is 0 Å². The number of hydrogen-bond acceptors (Lipinski definition) is 4. The maximum atomic E-state index is 12.4. The Morgan fingerprint density at radius 2 is 2.18 bits per heavy atom. The van der Waals surface area contributed by atoms with Crippen LogP contribution in [0.1, 0.15) is 25.3 Å². The van der Waals surface area contributed by atoms with Crippen molar-refractivity contribution in [2.75, 3.05) is 19.9 Å². The van der Waals surface area contributed by atoms with E-state index in [2.05, 4.69) is 6.92 Å². The monoisotopic (exact) mass is 303 g/mol. The number of amides is 1. The van der Waals surface area contributed by atoms with Gasteiger partial charge in [-0.05, 0) is 49.5 Å². The van der Waals surface area contributed by atoms with Crippen molar-refractivity contribution in [3.05, 3.63) is 29.8 Å². The van der Waals surface area contributed by atoms with Gasteiger partial charge < -0.3 is 19.5 Å². The molecule has 3 rings (SSSR count). The van der Waals surface area contributed by atoms with Crippen LogP contribution in [-0.2, 0) is 4.79 Å². The molecule has 1 fully saturated rings. The molecule has 1 aromatic carbocycles. The first-order chi connectivity index (χ1) is 10.7. The zero-order valence-electron chi connectivity index (χ0n) is 12.7. The van der Waals surface area contributed by atoms with Gasteiger partial charge in [0.15, 0.2) is 11.5 Å². The number of ether oxygens (including phenoxy) is 2. The zero-order valence-corrected chi connectivity index (χ0v) is 12.7. The molecular formula is C17H21NO4. The fraction of sp³-hybridized carbons (Fsp3) is 0.471. The average Bonchev–Trinajstić information content (AvgIpc) is 3.00. The molecule has 118 valence electrons. The normalized spacial score (nSPS) is 24.0. The summed E-state index contributed by atoms with van der Waals surface area (Å²) in [5.41, 5.74) is 0.904. The molecule has 2 unspecified atom stereocenters. The van der Waals surface area contributed by atoms with Crippen molar-refractivity contribution in [2.45, 2.75) is 25.8 Å². The Kier molecular flexibility index (Phi) is 4.34. The molecule has 1 saturated heterocycles. The van der Waals surface area contributed by atoms with Crippen molar-refractivity contribution in [3.8, 4) is 11.5 Å². The van der Waals surface area contributed by atoms with E-state index in [1.165, 1.54) is 0 Å². The molecule has 2 aliphatic rings. The van der Waals surface area contributed by atoms with Crippen molar-refractivity contribution < 1.29 is 19.4 Å². The minimum atomic E-state index is -0.0108. The molecule has 0 aromatic heterocycles. The maximum absolute atomic E-state index is 12.4. The summed E-state index contributed by atoms with van der Waals surface area (Å²) in [6.45, 7) is 3.07. The lowest BCUT2D eigenvalue weighted by Gasteiger charge is -2.36. The van der Waals surface area contributed by atoms with E-state index >= 15 is 0 Å². The van der Waals surface area contributed by atoms with Crippen LogP contribution in [0.25, 0.3) is 6.08 Å². The third kappa shape index (κ3) is 3.09. The molecule has 5 heteroatoms. The van der Waals surface area contributed by atoms with E-state index in [9.17, 15) is 9.90 Å². The van der Waals surface area contributed by atoms with Gasteiger partial charge in [0.05, 0.1) is 0 Å². The highest BCUT2D eigenvalue weighted by molar-refractivity contribution is 5.92. The minimum Gasteiger partial charge on any atom is -0.454 e. The lowest BCUT2D eigenvalue weighted by atomic mass is 9.94. The second-order valence-corrected chi connectivity index (χ2v) is 5.91. The van der Waals surface area contributed by atoms with Crippen LogP contribution in [0.15, 0.2) is 24.3 Å². The first-order valence-corrected chi connectivity index (χ1v) is 7.66. The van der Waals surface area contributed by atoms with E-state index in [4.69, 9.17) is 9.47 Å². The summed E-state index contributed by atoms with van der Waals surface area (Å²) in [7, 11) is 0. The van der Waals surface area contributed by atoms with Gasteiger partial charge in [-0.3, -0.25) is 4.79 Å². The van der Waals surface area contributed by atoms with Crippen molar-refractivity contribution in [3.63, 3.8) is 0 Å². The standard InChI is InChI=1S/C17H21NO4/c1-12-2-3-14(10-19)9-18(12)17(20)7-5-13-4-6-15-16(8-13)22-11-21-15/h4-8,12,14,19H,2-3,9-11H2,1H3/b7-5+. The number of fused-ring (bicyclic) bond motifs is 1. The first kappa shape index (κ1) is 14.9. The largest absolute Gasteiger partial charge is 0.454 e. The topological polar surface area (TPSA) is 59.0 Å². The van der Waals surface area contributed by atoms with E-state index in [0.717, 1.165) is 24.2 Å². The molecular weight excluding hydrogens is 282 g/mol. The number of aliphatic hydroxyl groups is 1. The molecule has 2 heterocycles. The summed E-state index contributed by atoms with van der Waals surface area (Å²) in [4.78, 5) is 14.2. The average molecular weight is 303 g/mol. The molecule has 0 bridgehead atoms. The summed E-state index contributed by atoms with van der Waals surface area (Å²) in [6, 6.07) is 5.82. The fourth-order valence-electron chi connectivity index (χ4n) is 2.92. The quantitative estimate of drug-likeness (QED) is 0.868. The second kappa shape index (κ2) is 6.40. The molecule has 5 nitrogen and oxygen atoms in total. The molecule has 0 saturated carbocycles. The Bertz CT molecular complexity index is 584. The number of nitrogens with zero attached hydrogens (tertiary/aromatic N) is 1. The number of likely N-dealkylation sites (tertiary alicyclic amines) is 1. The third-order valence-corrected chi connectivity index (χ3v) is 4.34. The first-order valence-electron chi connectivity index (χ1n) is 7.66. The summed E-state index contributed by atoms with van der Waals surface area (Å²) in [6.07, 6.45) is 5.30. The molecule has 0 aliphatic carbocycles. The van der Waals surface area contributed by atoms with Gasteiger partial charge in [-0.15, -0.1) is 0 Å². The lowest BCUT2D eigenvalue weighted by molar-refractivity contribution is -0.130. The second-order valence-electron chi connectivity index (χ2n) is 5.91. The SMILES string of the molecule is CC1CCC(CO)CN1C(=O)/C=C/c1ccc2c(c1)OCO2. The summed E-state index contributed by atoms with van der Waals surface area (Å²) in [5.74, 6) is 1.63. The smallest absolute Gasteiger partial charge is 0.246 e. The van der Waals surface area contributed by atoms with Crippen LogP contribution < -0.4 is 9.47 Å². The van der Waals surface area contributed by atoms with Gasteiger partial charge >= 0.3 is 0 Å². The third-order valence-electron chi connectivity index (χ3n) is 4.34. The lowest BCUT2D eigenvalue weighted by Crippen LogP contribution is -2.45. The van der Waals surface area contributed by atoms with Crippen LogP contribution in [0.4, 0.5) is 0 Å². The number of rotatable bonds is 3. The van der Waals surface area contributed by atoms with Gasteiger partial charge in [0.25, 0.3) is 0 Å². The number of hydrogen-bond donors (Lipinski definition) is 1. The maximum Gasteiger partial charge on any atom is 0.246 e. The van der Waals surface area contributed by atoms with Crippen molar-refractivity contribution in [1.29, 1.82) is 0 Å². The number of carbonyl (C=O) groups excluding carboxylic acids is 1. The molecule has 2 atom stereocenters. The minimum absolute atomic E-state index is 0.0108. The fourth-order valence-corrected chi connectivity index (χ4v) is 2.92. The van der Waals surface area contributed by atoms with Crippen molar-refractivity contribution in [2.24, 2.45) is 5.92 Å². The Morgan fingerprint density at radius 3 is 3.00 bits per heavy atom. The Morgan fingerprint density at radius 1 is 1.36 bits per heavy atom. The van der Waals surface area contributed by atoms with Crippen molar-refractivity contribution in [1.82, 2.24) is 4.90 Å². The van der Waals surface area contributed by atoms with Crippen LogP contribution in [0.3, 0.4) is 0 Å². The highest BCUT2D eigenvalue weighted by Crippen LogP contribution is 2.32.